The Bertz CT molecular complexity index is 469. The van der Waals surface area contributed by atoms with Crippen LogP contribution in [-0.4, -0.2) is 11.3 Å². The fourth-order valence-electron chi connectivity index (χ4n) is 2.78. The molecule has 4 heteroatoms. The van der Waals surface area contributed by atoms with Crippen LogP contribution in [-0.2, 0) is 11.2 Å². The molecular weight excluding hydrogens is 309 g/mol. The highest BCUT2D eigenvalue weighted by atomic mass is 79.9. The van der Waals surface area contributed by atoms with Crippen LogP contribution in [0.5, 0.6) is 0 Å². The number of hydrogen-bond donors (Lipinski definition) is 1. The van der Waals surface area contributed by atoms with Crippen LogP contribution in [0.15, 0.2) is 22.7 Å². The Kier molecular flexibility index (Phi) is 4.74. The van der Waals surface area contributed by atoms with Crippen molar-refractivity contribution >= 4 is 21.7 Å². The van der Waals surface area contributed by atoms with Crippen molar-refractivity contribution in [2.75, 3.05) is 0 Å². The van der Waals surface area contributed by atoms with E-state index in [1.807, 2.05) is 0 Å². The molecule has 2 N–H and O–H groups in total. The number of rotatable bonds is 4. The van der Waals surface area contributed by atoms with Crippen molar-refractivity contribution in [3.63, 3.8) is 0 Å². The van der Waals surface area contributed by atoms with Gasteiger partial charge in [-0.15, -0.1) is 0 Å². The van der Waals surface area contributed by atoms with E-state index in [-0.39, 0.29) is 23.6 Å². The van der Waals surface area contributed by atoms with Crippen molar-refractivity contribution in [2.24, 2.45) is 5.73 Å². The van der Waals surface area contributed by atoms with Crippen LogP contribution in [0.25, 0.3) is 0 Å². The van der Waals surface area contributed by atoms with Crippen LogP contribution in [0, 0.1) is 5.82 Å². The second-order valence-corrected chi connectivity index (χ2v) is 6.41. The maximum Gasteiger partial charge on any atom is 0.139 e. The van der Waals surface area contributed by atoms with Gasteiger partial charge in [-0.2, -0.15) is 0 Å². The van der Waals surface area contributed by atoms with Crippen molar-refractivity contribution in [3.05, 3.63) is 34.1 Å². The molecule has 0 unspecified atom stereocenters. The smallest absolute Gasteiger partial charge is 0.139 e. The predicted octanol–water partition coefficient (Wildman–Crippen LogP) is 3.75. The van der Waals surface area contributed by atoms with Gasteiger partial charge in [0.1, 0.15) is 11.6 Å². The van der Waals surface area contributed by atoms with Gasteiger partial charge in [-0.3, -0.25) is 4.79 Å². The molecule has 2 nitrogen and oxygen atoms in total. The van der Waals surface area contributed by atoms with E-state index in [9.17, 15) is 9.18 Å². The minimum absolute atomic E-state index is 0.0932. The zero-order chi connectivity index (χ0) is 13.9. The minimum Gasteiger partial charge on any atom is -0.325 e. The van der Waals surface area contributed by atoms with Crippen molar-refractivity contribution in [1.29, 1.82) is 0 Å². The number of ketones is 1. The fraction of sp³-hybridized carbons (Fsp3) is 0.533. The zero-order valence-electron chi connectivity index (χ0n) is 10.9. The largest absolute Gasteiger partial charge is 0.325 e. The molecule has 0 saturated heterocycles. The van der Waals surface area contributed by atoms with E-state index in [4.69, 9.17) is 5.73 Å². The summed E-state index contributed by atoms with van der Waals surface area (Å²) in [5.74, 6) is -0.221. The van der Waals surface area contributed by atoms with Gasteiger partial charge < -0.3 is 5.73 Å². The molecule has 0 bridgehead atoms. The highest BCUT2D eigenvalue weighted by Crippen LogP contribution is 2.29. The summed E-state index contributed by atoms with van der Waals surface area (Å²) in [5, 5.41) is 0. The zero-order valence-corrected chi connectivity index (χ0v) is 12.5. The normalized spacial score (nSPS) is 18.3. The molecule has 1 aliphatic rings. The van der Waals surface area contributed by atoms with Crippen molar-refractivity contribution in [1.82, 2.24) is 0 Å². The third-order valence-corrected chi connectivity index (χ3v) is 4.57. The third kappa shape index (κ3) is 4.11. The van der Waals surface area contributed by atoms with Gasteiger partial charge in [-0.25, -0.2) is 4.39 Å². The first kappa shape index (κ1) is 14.7. The van der Waals surface area contributed by atoms with Gasteiger partial charge in [-0.05, 0) is 36.6 Å². The van der Waals surface area contributed by atoms with E-state index < -0.39 is 0 Å². The standard InChI is InChI=1S/C15H19BrFNO/c16-14-5-4-12(17)8-11(14)9-13(19)10-15(18)6-2-1-3-7-15/h4-5,8H,1-3,6-7,9-10,18H2. The van der Waals surface area contributed by atoms with Crippen molar-refractivity contribution in [2.45, 2.75) is 50.5 Å². The van der Waals surface area contributed by atoms with Gasteiger partial charge >= 0.3 is 0 Å². The van der Waals surface area contributed by atoms with E-state index in [0.29, 0.717) is 12.0 Å². The van der Waals surface area contributed by atoms with E-state index in [1.54, 1.807) is 6.07 Å². The Morgan fingerprint density at radius 3 is 2.68 bits per heavy atom. The molecule has 1 aromatic rings. The summed E-state index contributed by atoms with van der Waals surface area (Å²) in [7, 11) is 0. The van der Waals surface area contributed by atoms with Gasteiger partial charge in [0.25, 0.3) is 0 Å². The molecule has 1 fully saturated rings. The third-order valence-electron chi connectivity index (χ3n) is 3.79. The maximum atomic E-state index is 13.2. The lowest BCUT2D eigenvalue weighted by molar-refractivity contribution is -0.119. The number of benzene rings is 1. The first-order valence-corrected chi connectivity index (χ1v) is 7.52. The summed E-state index contributed by atoms with van der Waals surface area (Å²) >= 11 is 3.35. The Morgan fingerprint density at radius 1 is 1.32 bits per heavy atom. The quantitative estimate of drug-likeness (QED) is 0.915. The van der Waals surface area contributed by atoms with Gasteiger partial charge in [0.2, 0.25) is 0 Å². The summed E-state index contributed by atoms with van der Waals surface area (Å²) in [5.41, 5.74) is 6.64. The SMILES string of the molecule is NC1(CC(=O)Cc2cc(F)ccc2Br)CCCCC1. The van der Waals surface area contributed by atoms with Crippen LogP contribution in [0.3, 0.4) is 0 Å². The van der Waals surface area contributed by atoms with Crippen LogP contribution < -0.4 is 5.73 Å². The molecule has 0 atom stereocenters. The van der Waals surface area contributed by atoms with Crippen LogP contribution in [0.1, 0.15) is 44.1 Å². The monoisotopic (exact) mass is 327 g/mol. The first-order valence-electron chi connectivity index (χ1n) is 6.73. The number of carbonyl (C=O) groups is 1. The van der Waals surface area contributed by atoms with Gasteiger partial charge in [-0.1, -0.05) is 35.2 Å². The summed E-state index contributed by atoms with van der Waals surface area (Å²) in [6, 6.07) is 4.42. The van der Waals surface area contributed by atoms with Gasteiger partial charge in [0, 0.05) is 22.9 Å². The number of carbonyl (C=O) groups excluding carboxylic acids is 1. The maximum absolute atomic E-state index is 13.2. The molecule has 104 valence electrons. The van der Waals surface area contributed by atoms with E-state index in [1.165, 1.54) is 18.6 Å². The van der Waals surface area contributed by atoms with E-state index in [2.05, 4.69) is 15.9 Å². The number of hydrogen-bond acceptors (Lipinski definition) is 2. The molecule has 0 spiro atoms. The highest BCUT2D eigenvalue weighted by molar-refractivity contribution is 9.10. The van der Waals surface area contributed by atoms with Crippen molar-refractivity contribution in [3.8, 4) is 0 Å². The topological polar surface area (TPSA) is 43.1 Å². The van der Waals surface area contributed by atoms with Crippen LogP contribution >= 0.6 is 15.9 Å². The molecule has 0 amide bonds. The lowest BCUT2D eigenvalue weighted by atomic mass is 9.78. The van der Waals surface area contributed by atoms with Crippen LogP contribution in [0.4, 0.5) is 4.39 Å². The molecule has 0 aromatic heterocycles. The molecule has 0 radical (unpaired) electrons. The van der Waals surface area contributed by atoms with Crippen molar-refractivity contribution < 1.29 is 9.18 Å². The molecule has 2 rings (SSSR count). The summed E-state index contributed by atoms with van der Waals surface area (Å²) in [6.07, 6.45) is 5.91. The summed E-state index contributed by atoms with van der Waals surface area (Å²) in [6.45, 7) is 0. The average Bonchev–Trinajstić information content (AvgIpc) is 2.34. The summed E-state index contributed by atoms with van der Waals surface area (Å²) < 4.78 is 13.9. The molecule has 0 heterocycles. The molecular formula is C15H19BrFNO. The van der Waals surface area contributed by atoms with E-state index in [0.717, 1.165) is 30.2 Å². The Morgan fingerprint density at radius 2 is 2.00 bits per heavy atom. The Hall–Kier alpha value is -0.740. The second kappa shape index (κ2) is 6.14. The lowest BCUT2D eigenvalue weighted by Gasteiger charge is -2.32. The summed E-state index contributed by atoms with van der Waals surface area (Å²) in [4.78, 5) is 12.1. The first-order chi connectivity index (χ1) is 8.98. The number of Topliss-reactive ketones (excluding diaryl/α,β-unsaturated/α-hetero) is 1. The molecule has 1 aliphatic carbocycles. The highest BCUT2D eigenvalue weighted by Gasteiger charge is 2.29. The molecule has 1 saturated carbocycles. The lowest BCUT2D eigenvalue weighted by Crippen LogP contribution is -2.43. The van der Waals surface area contributed by atoms with Gasteiger partial charge in [0.15, 0.2) is 0 Å². The van der Waals surface area contributed by atoms with Gasteiger partial charge in [0.05, 0.1) is 0 Å². The number of halogens is 2. The molecule has 1 aromatic carbocycles. The minimum atomic E-state index is -0.338. The predicted molar refractivity (Wildman–Crippen MR) is 77.4 cm³/mol. The Balaban J connectivity index is 1.99. The average molecular weight is 328 g/mol. The van der Waals surface area contributed by atoms with Crippen LogP contribution in [0.2, 0.25) is 0 Å². The molecule has 19 heavy (non-hydrogen) atoms. The molecule has 0 aliphatic heterocycles. The van der Waals surface area contributed by atoms with E-state index >= 15 is 0 Å². The second-order valence-electron chi connectivity index (χ2n) is 5.55. The Labute approximate surface area is 121 Å². The fourth-order valence-corrected chi connectivity index (χ4v) is 3.17. The number of nitrogens with two attached hydrogens (primary N) is 1.